The highest BCUT2D eigenvalue weighted by molar-refractivity contribution is 6.22. The standard InChI is InChI=1S/C10H13Cl2FO2/c1-6-4-7(8(12)5-9(6)13)10(14)15-3-2-11/h7-9H,1-5H2. The molecular formula is C10H13Cl2FO2. The van der Waals surface area contributed by atoms with Gasteiger partial charge < -0.3 is 4.74 Å². The first-order chi connectivity index (χ1) is 7.06. The van der Waals surface area contributed by atoms with E-state index in [1.165, 1.54) is 0 Å². The average Bonchev–Trinajstić information content (AvgIpc) is 2.20. The van der Waals surface area contributed by atoms with Gasteiger partial charge in [-0.15, -0.1) is 23.2 Å². The van der Waals surface area contributed by atoms with E-state index in [0.29, 0.717) is 5.57 Å². The summed E-state index contributed by atoms with van der Waals surface area (Å²) in [4.78, 5) is 11.5. The zero-order valence-electron chi connectivity index (χ0n) is 8.22. The molecule has 0 spiro atoms. The Morgan fingerprint density at radius 1 is 1.67 bits per heavy atom. The first kappa shape index (κ1) is 12.8. The fraction of sp³-hybridized carbons (Fsp3) is 0.700. The normalized spacial score (nSPS) is 31.4. The maximum Gasteiger partial charge on any atom is 0.310 e. The number of halogens is 3. The van der Waals surface area contributed by atoms with Gasteiger partial charge >= 0.3 is 5.97 Å². The van der Waals surface area contributed by atoms with E-state index in [1.807, 2.05) is 0 Å². The Morgan fingerprint density at radius 2 is 2.33 bits per heavy atom. The lowest BCUT2D eigenvalue weighted by atomic mass is 9.84. The van der Waals surface area contributed by atoms with Crippen LogP contribution >= 0.6 is 23.2 Å². The highest BCUT2D eigenvalue weighted by Gasteiger charge is 2.36. The summed E-state index contributed by atoms with van der Waals surface area (Å²) in [6.45, 7) is 3.73. The highest BCUT2D eigenvalue weighted by atomic mass is 35.5. The topological polar surface area (TPSA) is 26.3 Å². The molecule has 0 bridgehead atoms. The lowest BCUT2D eigenvalue weighted by Gasteiger charge is -2.29. The van der Waals surface area contributed by atoms with Crippen LogP contribution in [-0.4, -0.2) is 30.0 Å². The molecule has 0 aromatic rings. The molecule has 1 aliphatic rings. The van der Waals surface area contributed by atoms with Crippen molar-refractivity contribution in [2.24, 2.45) is 5.92 Å². The van der Waals surface area contributed by atoms with Crippen molar-refractivity contribution in [3.05, 3.63) is 12.2 Å². The van der Waals surface area contributed by atoms with Crippen LogP contribution in [0.25, 0.3) is 0 Å². The van der Waals surface area contributed by atoms with Gasteiger partial charge in [0.25, 0.3) is 0 Å². The molecule has 15 heavy (non-hydrogen) atoms. The molecule has 86 valence electrons. The molecule has 0 aromatic carbocycles. The molecule has 3 unspecified atom stereocenters. The largest absolute Gasteiger partial charge is 0.464 e. The Labute approximate surface area is 98.4 Å². The number of carbonyl (C=O) groups excluding carboxylic acids is 1. The predicted octanol–water partition coefficient (Wildman–Crippen LogP) is 2.68. The van der Waals surface area contributed by atoms with Crippen LogP contribution in [0.3, 0.4) is 0 Å². The lowest BCUT2D eigenvalue weighted by Crippen LogP contribution is -2.34. The number of ether oxygens (including phenoxy) is 1. The summed E-state index contributed by atoms with van der Waals surface area (Å²) in [5.74, 6) is -0.656. The van der Waals surface area contributed by atoms with Crippen molar-refractivity contribution in [1.29, 1.82) is 0 Å². The molecule has 0 amide bonds. The molecule has 1 fully saturated rings. The second kappa shape index (κ2) is 5.71. The van der Waals surface area contributed by atoms with Crippen LogP contribution in [0.5, 0.6) is 0 Å². The molecule has 1 aliphatic carbocycles. The van der Waals surface area contributed by atoms with Crippen LogP contribution in [0.4, 0.5) is 4.39 Å². The van der Waals surface area contributed by atoms with Crippen molar-refractivity contribution >= 4 is 29.2 Å². The number of carbonyl (C=O) groups is 1. The third-order valence-corrected chi connectivity index (χ3v) is 3.05. The van der Waals surface area contributed by atoms with E-state index >= 15 is 0 Å². The summed E-state index contributed by atoms with van der Waals surface area (Å²) in [7, 11) is 0. The van der Waals surface area contributed by atoms with Crippen LogP contribution in [0.15, 0.2) is 12.2 Å². The number of hydrogen-bond donors (Lipinski definition) is 0. The van der Waals surface area contributed by atoms with Gasteiger partial charge in [0.05, 0.1) is 17.2 Å². The third-order valence-electron chi connectivity index (χ3n) is 2.42. The van der Waals surface area contributed by atoms with Crippen LogP contribution in [-0.2, 0) is 9.53 Å². The monoisotopic (exact) mass is 254 g/mol. The maximum absolute atomic E-state index is 13.2. The van der Waals surface area contributed by atoms with Gasteiger partial charge in [0.2, 0.25) is 0 Å². The van der Waals surface area contributed by atoms with Gasteiger partial charge in [-0.25, -0.2) is 4.39 Å². The average molecular weight is 255 g/mol. The van der Waals surface area contributed by atoms with Gasteiger partial charge in [0.1, 0.15) is 12.8 Å². The molecule has 1 saturated carbocycles. The predicted molar refractivity (Wildman–Crippen MR) is 58.1 cm³/mol. The molecule has 0 N–H and O–H groups in total. The fourth-order valence-corrected chi connectivity index (χ4v) is 1.97. The quantitative estimate of drug-likeness (QED) is 0.440. The van der Waals surface area contributed by atoms with Crippen molar-refractivity contribution in [3.63, 3.8) is 0 Å². The number of alkyl halides is 3. The third kappa shape index (κ3) is 3.35. The van der Waals surface area contributed by atoms with Crippen molar-refractivity contribution < 1.29 is 13.9 Å². The number of esters is 1. The van der Waals surface area contributed by atoms with Crippen molar-refractivity contribution in [2.45, 2.75) is 24.4 Å². The molecule has 0 aromatic heterocycles. The van der Waals surface area contributed by atoms with Gasteiger partial charge in [-0.2, -0.15) is 0 Å². The molecule has 0 radical (unpaired) electrons. The van der Waals surface area contributed by atoms with E-state index in [4.69, 9.17) is 27.9 Å². The second-order valence-electron chi connectivity index (χ2n) is 3.54. The minimum atomic E-state index is -1.11. The smallest absolute Gasteiger partial charge is 0.310 e. The summed E-state index contributed by atoms with van der Waals surface area (Å²) in [6.07, 6.45) is -0.720. The van der Waals surface area contributed by atoms with Crippen molar-refractivity contribution in [2.75, 3.05) is 12.5 Å². The maximum atomic E-state index is 13.2. The van der Waals surface area contributed by atoms with E-state index in [2.05, 4.69) is 6.58 Å². The number of rotatable bonds is 3. The summed E-state index contributed by atoms with van der Waals surface area (Å²) in [5, 5.41) is -0.520. The van der Waals surface area contributed by atoms with Gasteiger partial charge in [-0.1, -0.05) is 6.58 Å². The second-order valence-corrected chi connectivity index (χ2v) is 4.48. The molecule has 3 atom stereocenters. The Balaban J connectivity index is 2.53. The molecule has 5 heteroatoms. The molecule has 0 aliphatic heterocycles. The van der Waals surface area contributed by atoms with Crippen LogP contribution in [0.1, 0.15) is 12.8 Å². The molecule has 1 rings (SSSR count). The van der Waals surface area contributed by atoms with Gasteiger partial charge in [0, 0.05) is 0 Å². The minimum absolute atomic E-state index is 0.126. The van der Waals surface area contributed by atoms with Crippen LogP contribution in [0.2, 0.25) is 0 Å². The first-order valence-corrected chi connectivity index (χ1v) is 5.71. The van der Waals surface area contributed by atoms with E-state index in [-0.39, 0.29) is 25.3 Å². The number of hydrogen-bond acceptors (Lipinski definition) is 2. The molecule has 0 saturated heterocycles. The zero-order valence-corrected chi connectivity index (χ0v) is 9.73. The summed E-state index contributed by atoms with van der Waals surface area (Å²) in [5.41, 5.74) is 0.416. The lowest BCUT2D eigenvalue weighted by molar-refractivity contribution is -0.148. The number of allylic oxidation sites excluding steroid dienone is 1. The van der Waals surface area contributed by atoms with Gasteiger partial charge in [0.15, 0.2) is 0 Å². The SMILES string of the molecule is C=C1CC(C(=O)OCCCl)C(Cl)CC1F. The molecule has 2 nitrogen and oxygen atoms in total. The van der Waals surface area contributed by atoms with Crippen LogP contribution < -0.4 is 0 Å². The molecule has 0 heterocycles. The van der Waals surface area contributed by atoms with E-state index in [0.717, 1.165) is 0 Å². The summed E-state index contributed by atoms with van der Waals surface area (Å²) in [6, 6.07) is 0. The first-order valence-electron chi connectivity index (χ1n) is 4.74. The molecular weight excluding hydrogens is 242 g/mol. The van der Waals surface area contributed by atoms with Gasteiger partial charge in [-0.05, 0) is 18.4 Å². The Morgan fingerprint density at radius 3 is 2.93 bits per heavy atom. The minimum Gasteiger partial charge on any atom is -0.464 e. The van der Waals surface area contributed by atoms with E-state index in [9.17, 15) is 9.18 Å². The Hall–Kier alpha value is -0.280. The Bertz CT molecular complexity index is 258. The fourth-order valence-electron chi connectivity index (χ4n) is 1.54. The zero-order chi connectivity index (χ0) is 11.4. The summed E-state index contributed by atoms with van der Waals surface area (Å²) >= 11 is 11.3. The van der Waals surface area contributed by atoms with E-state index < -0.39 is 23.4 Å². The summed E-state index contributed by atoms with van der Waals surface area (Å²) < 4.78 is 18.0. The Kier molecular flexibility index (Phi) is 4.87. The van der Waals surface area contributed by atoms with E-state index in [1.54, 1.807) is 0 Å². The van der Waals surface area contributed by atoms with Gasteiger partial charge in [-0.3, -0.25) is 4.79 Å². The van der Waals surface area contributed by atoms with Crippen LogP contribution in [0, 0.1) is 5.92 Å². The van der Waals surface area contributed by atoms with Crippen molar-refractivity contribution in [3.8, 4) is 0 Å². The highest BCUT2D eigenvalue weighted by Crippen LogP contribution is 2.34. The van der Waals surface area contributed by atoms with Crippen molar-refractivity contribution in [1.82, 2.24) is 0 Å².